The second kappa shape index (κ2) is 30.9. The zero-order valence-electron chi connectivity index (χ0n) is 43.7. The molecule has 0 aromatic rings. The molecule has 59 nitrogen and oxygen atoms in total. The molecule has 4 aliphatic heterocycles. The predicted octanol–water partition coefficient (Wildman–Crippen LogP) is -11.4. The van der Waals surface area contributed by atoms with Gasteiger partial charge in [-0.05, 0) is 0 Å². The topological polar surface area (TPSA) is 891 Å². The maximum Gasteiger partial charge on any atom is 0.397 e. The van der Waals surface area contributed by atoms with Crippen LogP contribution in [0, 0.1) is 0 Å². The highest BCUT2D eigenvalue weighted by atomic mass is 32.3. The Bertz CT molecular complexity index is 4260. The van der Waals surface area contributed by atoms with E-state index in [-0.39, 0.29) is 0 Å². The van der Waals surface area contributed by atoms with Crippen molar-refractivity contribution in [3.63, 3.8) is 0 Å². The third-order valence-corrected chi connectivity index (χ3v) is 16.5. The fraction of sp³-hybridized carbons (Fsp3) is 1.00. The van der Waals surface area contributed by atoms with Gasteiger partial charge in [0.15, 0.2) is 49.6 Å². The van der Waals surface area contributed by atoms with E-state index in [1.54, 1.807) is 0 Å². The number of ether oxygens (including phenoxy) is 7. The summed E-state index contributed by atoms with van der Waals surface area (Å²) in [5.74, 6) is 0. The van der Waals surface area contributed by atoms with Crippen molar-refractivity contribution in [2.45, 2.75) is 117 Å². The SMILES string of the molecule is O=S(=O)(O)OC[C@@H]1O[C@@H](O[C@@H]2[C@H](OS(=O)(=O)O)[C@@H](O[C@H]3[C@H](OS(=O)(=O)O)[C@H](OS(=O)(=O)O)[C@@H](O[C@H]4O[C@@H](COS(=O)(=O)O)[C@H](OS(=O)(=O)O)[C@H](OS(=O)(=O)O)[C@@H]4OS(=O)(=O)O)O[C@H]3COS(=O)(=O)O)OC[C@H]2OS(=O)(=O)O)[C@@H](OS(=O)(=O)O)[C@@H](OS(=O)(=O)O)[C@H]1OS(=O)(=O)O. The lowest BCUT2D eigenvalue weighted by Gasteiger charge is -2.49. The summed E-state index contributed by atoms with van der Waals surface area (Å²) in [4.78, 5) is 0. The monoisotopic (exact) mass is 1680 g/mol. The molecule has 4 saturated heterocycles. The average molecular weight is 1680 g/mol. The van der Waals surface area contributed by atoms with Crippen LogP contribution in [0.3, 0.4) is 0 Å². The molecule has 0 bridgehead atoms. The van der Waals surface area contributed by atoms with E-state index in [4.69, 9.17) is 33.2 Å². The molecule has 0 radical (unpaired) electrons. The van der Waals surface area contributed by atoms with Crippen LogP contribution >= 0.6 is 0 Å². The van der Waals surface area contributed by atoms with Crippen molar-refractivity contribution in [3.8, 4) is 0 Å². The molecule has 0 aliphatic carbocycles. The van der Waals surface area contributed by atoms with E-state index in [9.17, 15) is 169 Å². The van der Waals surface area contributed by atoms with Gasteiger partial charge < -0.3 is 33.2 Å². The first kappa shape index (κ1) is 85.4. The molecule has 4 heterocycles. The van der Waals surface area contributed by atoms with E-state index in [0.29, 0.717) is 0 Å². The normalized spacial score (nSPS) is 32.8. The molecule has 0 aromatic heterocycles. The Morgan fingerprint density at radius 2 is 0.442 bits per heavy atom. The van der Waals surface area contributed by atoms with Crippen molar-refractivity contribution < 1.29 is 256 Å². The lowest BCUT2D eigenvalue weighted by atomic mass is 9.97. The van der Waals surface area contributed by atoms with Gasteiger partial charge in [0.2, 0.25) is 0 Å². The highest BCUT2D eigenvalue weighted by Gasteiger charge is 2.62. The van der Waals surface area contributed by atoms with Crippen LogP contribution in [0.5, 0.6) is 0 Å². The Labute approximate surface area is 531 Å². The number of rotatable bonds is 35. The summed E-state index contributed by atoms with van der Waals surface area (Å²) in [6, 6.07) is 0. The van der Waals surface area contributed by atoms with Gasteiger partial charge in [-0.25, -0.2) is 54.4 Å². The maximum atomic E-state index is 12.7. The van der Waals surface area contributed by atoms with Crippen molar-refractivity contribution in [3.05, 3.63) is 0 Å². The van der Waals surface area contributed by atoms with Crippen molar-refractivity contribution in [1.82, 2.24) is 0 Å². The van der Waals surface area contributed by atoms with Crippen molar-refractivity contribution in [1.29, 1.82) is 0 Å². The highest BCUT2D eigenvalue weighted by molar-refractivity contribution is 7.83. The molecule has 0 spiro atoms. The van der Waals surface area contributed by atoms with E-state index < -0.39 is 278 Å². The van der Waals surface area contributed by atoms with Gasteiger partial charge in [0.05, 0.1) is 26.4 Å². The second-order valence-corrected chi connectivity index (χ2v) is 31.0. The fourth-order valence-electron chi connectivity index (χ4n) is 7.93. The van der Waals surface area contributed by atoms with Gasteiger partial charge in [-0.2, -0.15) is 109 Å². The molecule has 564 valence electrons. The van der Waals surface area contributed by atoms with E-state index in [1.165, 1.54) is 0 Å². The van der Waals surface area contributed by atoms with Gasteiger partial charge >= 0.3 is 135 Å². The van der Waals surface area contributed by atoms with E-state index in [1.807, 2.05) is 0 Å². The molecule has 0 unspecified atom stereocenters. The molecular weight excluding hydrogens is 1640 g/mol. The van der Waals surface area contributed by atoms with Crippen LogP contribution in [-0.2, 0) is 223 Å². The van der Waals surface area contributed by atoms with Crippen molar-refractivity contribution >= 4 is 135 Å². The molecule has 0 saturated carbocycles. The summed E-state index contributed by atoms with van der Waals surface area (Å²) < 4.78 is 532. The number of hydrogen-bond donors (Lipinski definition) is 13. The van der Waals surface area contributed by atoms with Crippen LogP contribution in [0.4, 0.5) is 0 Å². The highest BCUT2D eigenvalue weighted by Crippen LogP contribution is 2.41. The first-order valence-corrected chi connectivity index (χ1v) is 39.8. The molecule has 13 N–H and O–H groups in total. The molecule has 95 heavy (non-hydrogen) atoms. The average Bonchev–Trinajstić information content (AvgIpc) is 0.764. The summed E-state index contributed by atoms with van der Waals surface area (Å²) in [6.45, 7) is -8.61. The minimum atomic E-state index is -6.68. The number of hydrogen-bond acceptors (Lipinski definition) is 46. The molecular formula is C23H40O59S13. The zero-order chi connectivity index (χ0) is 73.4. The first-order chi connectivity index (χ1) is 42.1. The predicted molar refractivity (Wildman–Crippen MR) is 263 cm³/mol. The van der Waals surface area contributed by atoms with Gasteiger partial charge in [0.1, 0.15) is 67.1 Å². The van der Waals surface area contributed by atoms with Gasteiger partial charge in [-0.15, -0.1) is 0 Å². The first-order valence-electron chi connectivity index (χ1n) is 22.1. The van der Waals surface area contributed by atoms with Crippen LogP contribution in [-0.4, -0.2) is 312 Å². The van der Waals surface area contributed by atoms with Crippen LogP contribution in [0.25, 0.3) is 0 Å². The minimum absolute atomic E-state index is 2.02. The zero-order valence-corrected chi connectivity index (χ0v) is 54.3. The van der Waals surface area contributed by atoms with Crippen LogP contribution < -0.4 is 0 Å². The van der Waals surface area contributed by atoms with Gasteiger partial charge in [-0.3, -0.25) is 59.2 Å². The molecule has 19 atom stereocenters. The molecule has 72 heteroatoms. The summed E-state index contributed by atoms with van der Waals surface area (Å²) in [7, 11) is -82.8. The second-order valence-electron chi connectivity index (χ2n) is 17.3. The van der Waals surface area contributed by atoms with Crippen molar-refractivity contribution in [2.24, 2.45) is 0 Å². The summed E-state index contributed by atoms with van der Waals surface area (Å²) in [6.07, 6.45) is -67.2. The maximum absolute atomic E-state index is 12.7. The molecule has 0 amide bonds. The Kier molecular flexibility index (Phi) is 27.8. The lowest BCUT2D eigenvalue weighted by molar-refractivity contribution is -0.383. The Hall–Kier alpha value is -1.97. The van der Waals surface area contributed by atoms with Crippen LogP contribution in [0.1, 0.15) is 0 Å². The molecule has 4 rings (SSSR count). The van der Waals surface area contributed by atoms with Gasteiger partial charge in [-0.1, -0.05) is 0 Å². The summed E-state index contributed by atoms with van der Waals surface area (Å²) >= 11 is 0. The Balaban J connectivity index is 2.12. The van der Waals surface area contributed by atoms with E-state index in [2.05, 4.69) is 54.4 Å². The largest absolute Gasteiger partial charge is 0.397 e. The summed E-state index contributed by atoms with van der Waals surface area (Å²) in [5, 5.41) is 0. The lowest BCUT2D eigenvalue weighted by Crippen LogP contribution is -2.68. The molecule has 0 aromatic carbocycles. The van der Waals surface area contributed by atoms with Gasteiger partial charge in [0.25, 0.3) is 0 Å². The van der Waals surface area contributed by atoms with Crippen LogP contribution in [0.15, 0.2) is 0 Å². The Morgan fingerprint density at radius 1 is 0.232 bits per heavy atom. The molecule has 4 aliphatic rings. The smallest absolute Gasteiger partial charge is 0.347 e. The third-order valence-electron chi connectivity index (χ3n) is 10.5. The Morgan fingerprint density at radius 3 is 0.705 bits per heavy atom. The van der Waals surface area contributed by atoms with Crippen LogP contribution in [0.2, 0.25) is 0 Å². The van der Waals surface area contributed by atoms with E-state index in [0.717, 1.165) is 0 Å². The molecule has 4 fully saturated rings. The van der Waals surface area contributed by atoms with Crippen molar-refractivity contribution in [2.75, 3.05) is 26.4 Å². The van der Waals surface area contributed by atoms with Gasteiger partial charge in [0, 0.05) is 0 Å². The third kappa shape index (κ3) is 31.0. The van der Waals surface area contributed by atoms with E-state index >= 15 is 0 Å². The fourth-order valence-corrected chi connectivity index (χ4v) is 13.8. The summed E-state index contributed by atoms with van der Waals surface area (Å²) in [5.41, 5.74) is 0. The standard InChI is InChI=1S/C23H40O59S13/c24-83(25,26)64-2-5-9(13(76-89(42,43)44)17(80-93(54,55)56)22(67-5)72-23-19(82-95(60,61)62)15(78-91(48,49)50)12(75-88(39,40)41)7(69-23)4-66-85(30,31)32)70-20-16(79-92(51,52)53)10(8(1-63-20)73-86(33,34)35)71-21-18(81-94(57,58)59)14(77-90(45,46)47)11(74-87(36,37)38)6(68-21)3-65-84(27,28)29/h5-23H,1-4H2,(H,24,25,26)(H,27,28,29)(H,30,31,32)(H,33,34,35)(H,36,37,38)(H,39,40,41)(H,42,43,44)(H,45,46,47)(H,48,49,50)(H,51,52,53)(H,54,55,56)(H,57,58,59)(H,60,61,62)/t5-,6-,7-,8+,9+,10-,11-,12-,13-,14-,15-,16-,17-,18-,19-,20+,21-,22+,23+/m0/s1. The quantitative estimate of drug-likeness (QED) is 0.0262. The minimum Gasteiger partial charge on any atom is -0.347 e.